The van der Waals surface area contributed by atoms with Crippen LogP contribution in [0.2, 0.25) is 0 Å². The Kier molecular flexibility index (Phi) is 5.73. The monoisotopic (exact) mass is 399 g/mol. The van der Waals surface area contributed by atoms with Crippen LogP contribution in [-0.4, -0.2) is 20.3 Å². The number of hydrogen-bond acceptors (Lipinski definition) is 3. The molecule has 0 radical (unpaired) electrons. The van der Waals surface area contributed by atoms with Crippen LogP contribution < -0.4 is 14.8 Å². The molecule has 0 bridgehead atoms. The highest BCUT2D eigenvalue weighted by Gasteiger charge is 2.07. The first kappa shape index (κ1) is 15.2. The number of ether oxygens (including phenoxy) is 2. The van der Waals surface area contributed by atoms with Crippen LogP contribution in [0.15, 0.2) is 51.4 Å². The third-order valence-electron chi connectivity index (χ3n) is 2.67. The fourth-order valence-electron chi connectivity index (χ4n) is 1.69. The van der Waals surface area contributed by atoms with Gasteiger partial charge in [-0.15, -0.1) is 0 Å². The summed E-state index contributed by atoms with van der Waals surface area (Å²) in [5.74, 6) is 1.55. The molecule has 2 aromatic carbocycles. The van der Waals surface area contributed by atoms with Gasteiger partial charge in [-0.25, -0.2) is 0 Å². The van der Waals surface area contributed by atoms with Crippen molar-refractivity contribution in [2.75, 3.05) is 25.6 Å². The van der Waals surface area contributed by atoms with E-state index >= 15 is 0 Å². The van der Waals surface area contributed by atoms with Gasteiger partial charge in [0.05, 0.1) is 16.1 Å². The standard InChI is InChI=1S/C15H15Br2NO2/c1-19-14-9-13(17)15(10-12(14)16)20-8-7-18-11-5-3-2-4-6-11/h2-6,9-10,18H,7-8H2,1H3. The fourth-order valence-corrected chi connectivity index (χ4v) is 2.61. The zero-order valence-electron chi connectivity index (χ0n) is 11.0. The highest BCUT2D eigenvalue weighted by Crippen LogP contribution is 2.35. The number of rotatable bonds is 6. The summed E-state index contributed by atoms with van der Waals surface area (Å²) >= 11 is 6.92. The fraction of sp³-hybridized carbons (Fsp3) is 0.200. The van der Waals surface area contributed by atoms with Gasteiger partial charge < -0.3 is 14.8 Å². The molecule has 3 nitrogen and oxygen atoms in total. The summed E-state index contributed by atoms with van der Waals surface area (Å²) < 4.78 is 12.7. The molecule has 0 saturated heterocycles. The van der Waals surface area contributed by atoms with Crippen molar-refractivity contribution in [2.45, 2.75) is 0 Å². The molecule has 0 fully saturated rings. The average Bonchev–Trinajstić information content (AvgIpc) is 2.47. The lowest BCUT2D eigenvalue weighted by atomic mass is 10.3. The van der Waals surface area contributed by atoms with Gasteiger partial charge in [0, 0.05) is 12.2 Å². The summed E-state index contributed by atoms with van der Waals surface area (Å²) in [5, 5.41) is 3.29. The summed E-state index contributed by atoms with van der Waals surface area (Å²) in [6, 6.07) is 13.8. The van der Waals surface area contributed by atoms with Gasteiger partial charge in [-0.2, -0.15) is 0 Å². The predicted octanol–water partition coefficient (Wildman–Crippen LogP) is 4.71. The molecule has 0 aliphatic carbocycles. The Morgan fingerprint density at radius 2 is 1.65 bits per heavy atom. The Bertz CT molecular complexity index is 561. The number of para-hydroxylation sites is 1. The first-order chi connectivity index (χ1) is 9.70. The zero-order valence-corrected chi connectivity index (χ0v) is 14.2. The van der Waals surface area contributed by atoms with E-state index in [-0.39, 0.29) is 0 Å². The first-order valence-corrected chi connectivity index (χ1v) is 7.74. The lowest BCUT2D eigenvalue weighted by Gasteiger charge is -2.12. The van der Waals surface area contributed by atoms with Crippen LogP contribution in [0, 0.1) is 0 Å². The minimum Gasteiger partial charge on any atom is -0.496 e. The van der Waals surface area contributed by atoms with E-state index in [0.717, 1.165) is 32.7 Å². The molecule has 0 aliphatic rings. The van der Waals surface area contributed by atoms with Gasteiger partial charge in [-0.05, 0) is 56.1 Å². The SMILES string of the molecule is COc1cc(Br)c(OCCNc2ccccc2)cc1Br. The third-order valence-corrected chi connectivity index (χ3v) is 3.91. The molecular formula is C15H15Br2NO2. The molecule has 0 amide bonds. The molecular weight excluding hydrogens is 386 g/mol. The van der Waals surface area contributed by atoms with Crippen molar-refractivity contribution in [1.29, 1.82) is 0 Å². The zero-order chi connectivity index (χ0) is 14.4. The van der Waals surface area contributed by atoms with E-state index in [2.05, 4.69) is 37.2 Å². The highest BCUT2D eigenvalue weighted by molar-refractivity contribution is 9.11. The second kappa shape index (κ2) is 7.55. The molecule has 0 aromatic heterocycles. The Balaban J connectivity index is 1.87. The molecule has 1 N–H and O–H groups in total. The minimum absolute atomic E-state index is 0.576. The molecule has 0 saturated carbocycles. The van der Waals surface area contributed by atoms with E-state index in [0.29, 0.717) is 6.61 Å². The number of methoxy groups -OCH3 is 1. The van der Waals surface area contributed by atoms with Crippen LogP contribution in [0.5, 0.6) is 11.5 Å². The predicted molar refractivity (Wildman–Crippen MR) is 88.8 cm³/mol. The van der Waals surface area contributed by atoms with Crippen LogP contribution >= 0.6 is 31.9 Å². The second-order valence-electron chi connectivity index (χ2n) is 4.06. The topological polar surface area (TPSA) is 30.5 Å². The molecule has 0 atom stereocenters. The molecule has 106 valence electrons. The normalized spacial score (nSPS) is 10.2. The minimum atomic E-state index is 0.576. The second-order valence-corrected chi connectivity index (χ2v) is 5.77. The van der Waals surface area contributed by atoms with Crippen molar-refractivity contribution in [3.05, 3.63) is 51.4 Å². The molecule has 0 heterocycles. The van der Waals surface area contributed by atoms with Gasteiger partial charge >= 0.3 is 0 Å². The van der Waals surface area contributed by atoms with Gasteiger partial charge in [0.2, 0.25) is 0 Å². The summed E-state index contributed by atoms with van der Waals surface area (Å²) in [6.07, 6.45) is 0. The van der Waals surface area contributed by atoms with Crippen LogP contribution in [-0.2, 0) is 0 Å². The van der Waals surface area contributed by atoms with Crippen LogP contribution in [0.4, 0.5) is 5.69 Å². The Morgan fingerprint density at radius 3 is 2.35 bits per heavy atom. The van der Waals surface area contributed by atoms with E-state index in [9.17, 15) is 0 Å². The maximum atomic E-state index is 5.74. The van der Waals surface area contributed by atoms with Crippen LogP contribution in [0.1, 0.15) is 0 Å². The van der Waals surface area contributed by atoms with Crippen molar-refractivity contribution in [2.24, 2.45) is 0 Å². The van der Waals surface area contributed by atoms with Gasteiger partial charge in [0.25, 0.3) is 0 Å². The average molecular weight is 401 g/mol. The van der Waals surface area contributed by atoms with E-state index in [1.54, 1.807) is 7.11 Å². The number of benzene rings is 2. The molecule has 2 rings (SSSR count). The smallest absolute Gasteiger partial charge is 0.134 e. The number of halogens is 2. The Labute approximate surface area is 135 Å². The molecule has 0 aliphatic heterocycles. The Hall–Kier alpha value is -1.20. The van der Waals surface area contributed by atoms with Gasteiger partial charge in [-0.3, -0.25) is 0 Å². The van der Waals surface area contributed by atoms with Crippen LogP contribution in [0.25, 0.3) is 0 Å². The highest BCUT2D eigenvalue weighted by atomic mass is 79.9. The largest absolute Gasteiger partial charge is 0.496 e. The summed E-state index contributed by atoms with van der Waals surface area (Å²) in [4.78, 5) is 0. The van der Waals surface area contributed by atoms with Gasteiger partial charge in [0.15, 0.2) is 0 Å². The quantitative estimate of drug-likeness (QED) is 0.712. The maximum absolute atomic E-state index is 5.74. The van der Waals surface area contributed by atoms with Crippen molar-refractivity contribution < 1.29 is 9.47 Å². The molecule has 0 spiro atoms. The van der Waals surface area contributed by atoms with E-state index in [1.165, 1.54) is 0 Å². The van der Waals surface area contributed by atoms with Gasteiger partial charge in [-0.1, -0.05) is 18.2 Å². The van der Waals surface area contributed by atoms with Gasteiger partial charge in [0.1, 0.15) is 18.1 Å². The van der Waals surface area contributed by atoms with Crippen molar-refractivity contribution >= 4 is 37.5 Å². The lowest BCUT2D eigenvalue weighted by Crippen LogP contribution is -2.11. The lowest BCUT2D eigenvalue weighted by molar-refractivity contribution is 0.329. The summed E-state index contributed by atoms with van der Waals surface area (Å²) in [7, 11) is 1.64. The maximum Gasteiger partial charge on any atom is 0.134 e. The molecule has 0 unspecified atom stereocenters. The van der Waals surface area contributed by atoms with E-state index in [4.69, 9.17) is 9.47 Å². The van der Waals surface area contributed by atoms with Crippen molar-refractivity contribution in [3.8, 4) is 11.5 Å². The summed E-state index contributed by atoms with van der Waals surface area (Å²) in [5.41, 5.74) is 1.09. The first-order valence-electron chi connectivity index (χ1n) is 6.15. The van der Waals surface area contributed by atoms with E-state index < -0.39 is 0 Å². The van der Waals surface area contributed by atoms with Crippen LogP contribution in [0.3, 0.4) is 0 Å². The number of nitrogens with one attached hydrogen (secondary N) is 1. The van der Waals surface area contributed by atoms with Crippen molar-refractivity contribution in [3.63, 3.8) is 0 Å². The number of anilines is 1. The third kappa shape index (κ3) is 4.15. The molecule has 20 heavy (non-hydrogen) atoms. The summed E-state index contributed by atoms with van der Waals surface area (Å²) in [6.45, 7) is 1.31. The Morgan fingerprint density at radius 1 is 1.00 bits per heavy atom. The molecule has 2 aromatic rings. The number of hydrogen-bond donors (Lipinski definition) is 1. The van der Waals surface area contributed by atoms with E-state index in [1.807, 2.05) is 42.5 Å². The molecule has 5 heteroatoms. The van der Waals surface area contributed by atoms with Crippen molar-refractivity contribution in [1.82, 2.24) is 0 Å².